The summed E-state index contributed by atoms with van der Waals surface area (Å²) in [7, 11) is 2.15. The maximum absolute atomic E-state index is 6.12. The molecule has 2 heterocycles. The van der Waals surface area contributed by atoms with Crippen LogP contribution in [0.15, 0.2) is 6.07 Å². The van der Waals surface area contributed by atoms with E-state index in [1.807, 2.05) is 0 Å². The minimum atomic E-state index is 0.361. The Morgan fingerprint density at radius 3 is 2.75 bits per heavy atom. The summed E-state index contributed by atoms with van der Waals surface area (Å²) in [5, 5.41) is 1.52. The lowest BCUT2D eigenvalue weighted by Crippen LogP contribution is -2.34. The Labute approximate surface area is 129 Å². The monoisotopic (exact) mass is 309 g/mol. The van der Waals surface area contributed by atoms with Gasteiger partial charge in [0.25, 0.3) is 0 Å². The molecule has 20 heavy (non-hydrogen) atoms. The van der Waals surface area contributed by atoms with Gasteiger partial charge in [-0.05, 0) is 36.9 Å². The van der Waals surface area contributed by atoms with Crippen LogP contribution in [-0.4, -0.2) is 23.1 Å². The van der Waals surface area contributed by atoms with E-state index in [4.69, 9.17) is 11.6 Å². The van der Waals surface area contributed by atoms with Gasteiger partial charge in [-0.1, -0.05) is 26.2 Å². The molecule has 3 rings (SSSR count). The molecular weight excluding hydrogens is 290 g/mol. The van der Waals surface area contributed by atoms with E-state index >= 15 is 0 Å². The molecule has 2 aromatic rings. The van der Waals surface area contributed by atoms with Crippen LogP contribution >= 0.6 is 22.9 Å². The van der Waals surface area contributed by atoms with Crippen molar-refractivity contribution in [2.45, 2.75) is 51.5 Å². The molecule has 0 aliphatic heterocycles. The second kappa shape index (κ2) is 5.86. The van der Waals surface area contributed by atoms with Crippen LogP contribution in [0.2, 0.25) is 5.28 Å². The lowest BCUT2D eigenvalue weighted by atomic mass is 9.94. The van der Waals surface area contributed by atoms with Crippen molar-refractivity contribution < 1.29 is 0 Å². The Kier molecular flexibility index (Phi) is 4.13. The molecule has 108 valence electrons. The highest BCUT2D eigenvalue weighted by molar-refractivity contribution is 7.18. The average Bonchev–Trinajstić information content (AvgIpc) is 2.89. The van der Waals surface area contributed by atoms with Gasteiger partial charge in [0.15, 0.2) is 0 Å². The standard InChI is InChI=1S/C15H20ClN3S/c1-3-11-9-12-13(17-15(16)18-14(12)20-11)19(2)10-7-5-4-6-8-10/h9-10H,3-8H2,1-2H3. The number of hydrogen-bond acceptors (Lipinski definition) is 4. The molecular formula is C15H20ClN3S. The predicted molar refractivity (Wildman–Crippen MR) is 87.1 cm³/mol. The molecule has 0 saturated heterocycles. The molecule has 1 aliphatic carbocycles. The van der Waals surface area contributed by atoms with Crippen LogP contribution < -0.4 is 4.90 Å². The van der Waals surface area contributed by atoms with E-state index in [0.717, 1.165) is 22.5 Å². The first-order chi connectivity index (χ1) is 9.69. The fourth-order valence-electron chi connectivity index (χ4n) is 3.02. The predicted octanol–water partition coefficient (Wildman–Crippen LogP) is 4.68. The highest BCUT2D eigenvalue weighted by atomic mass is 35.5. The van der Waals surface area contributed by atoms with E-state index in [9.17, 15) is 0 Å². The molecule has 0 spiro atoms. The van der Waals surface area contributed by atoms with Gasteiger partial charge in [0, 0.05) is 18.0 Å². The molecule has 1 saturated carbocycles. The highest BCUT2D eigenvalue weighted by Crippen LogP contribution is 2.34. The lowest BCUT2D eigenvalue weighted by Gasteiger charge is -2.32. The third-order valence-corrected chi connectivity index (χ3v) is 5.54. The van der Waals surface area contributed by atoms with Gasteiger partial charge in [-0.15, -0.1) is 11.3 Å². The molecule has 0 aromatic carbocycles. The SMILES string of the molecule is CCc1cc2c(N(C)C3CCCCC3)nc(Cl)nc2s1. The molecule has 1 fully saturated rings. The minimum Gasteiger partial charge on any atom is -0.356 e. The van der Waals surface area contributed by atoms with Crippen molar-refractivity contribution in [3.8, 4) is 0 Å². The van der Waals surface area contributed by atoms with E-state index in [1.165, 1.54) is 37.0 Å². The summed E-state index contributed by atoms with van der Waals surface area (Å²) in [5.74, 6) is 1.00. The number of anilines is 1. The van der Waals surface area contributed by atoms with Crippen molar-refractivity contribution in [3.63, 3.8) is 0 Å². The number of thiophene rings is 1. The van der Waals surface area contributed by atoms with Gasteiger partial charge in [-0.3, -0.25) is 0 Å². The Morgan fingerprint density at radius 2 is 2.05 bits per heavy atom. The van der Waals surface area contributed by atoms with Gasteiger partial charge < -0.3 is 4.90 Å². The van der Waals surface area contributed by atoms with E-state index in [-0.39, 0.29) is 0 Å². The summed E-state index contributed by atoms with van der Waals surface area (Å²) in [6, 6.07) is 2.81. The van der Waals surface area contributed by atoms with Crippen molar-refractivity contribution in [2.75, 3.05) is 11.9 Å². The van der Waals surface area contributed by atoms with Gasteiger partial charge >= 0.3 is 0 Å². The summed E-state index contributed by atoms with van der Waals surface area (Å²) in [5.41, 5.74) is 0. The number of aryl methyl sites for hydroxylation is 1. The number of hydrogen-bond donors (Lipinski definition) is 0. The molecule has 0 unspecified atom stereocenters. The van der Waals surface area contributed by atoms with Crippen LogP contribution in [0.1, 0.15) is 43.9 Å². The van der Waals surface area contributed by atoms with E-state index in [0.29, 0.717) is 11.3 Å². The number of aromatic nitrogens is 2. The van der Waals surface area contributed by atoms with Gasteiger partial charge in [0.1, 0.15) is 10.6 Å². The summed E-state index contributed by atoms with van der Waals surface area (Å²) >= 11 is 7.84. The summed E-state index contributed by atoms with van der Waals surface area (Å²) in [4.78, 5) is 13.6. The third kappa shape index (κ3) is 2.63. The zero-order chi connectivity index (χ0) is 14.1. The Bertz CT molecular complexity index is 604. The Hall–Kier alpha value is -0.870. The van der Waals surface area contributed by atoms with Crippen LogP contribution in [-0.2, 0) is 6.42 Å². The average molecular weight is 310 g/mol. The lowest BCUT2D eigenvalue weighted by molar-refractivity contribution is 0.426. The molecule has 0 radical (unpaired) electrons. The van der Waals surface area contributed by atoms with Crippen LogP contribution in [0, 0.1) is 0 Å². The van der Waals surface area contributed by atoms with Gasteiger partial charge in [0.2, 0.25) is 5.28 Å². The zero-order valence-electron chi connectivity index (χ0n) is 12.0. The molecule has 2 aromatic heterocycles. The van der Waals surface area contributed by atoms with E-state index < -0.39 is 0 Å². The molecule has 0 bridgehead atoms. The third-order valence-electron chi connectivity index (χ3n) is 4.20. The quantitative estimate of drug-likeness (QED) is 0.771. The molecule has 0 N–H and O–H groups in total. The van der Waals surface area contributed by atoms with Crippen LogP contribution in [0.5, 0.6) is 0 Å². The molecule has 0 atom stereocenters. The summed E-state index contributed by atoms with van der Waals surface area (Å²) < 4.78 is 0. The first kappa shape index (κ1) is 14.1. The molecule has 3 nitrogen and oxygen atoms in total. The first-order valence-electron chi connectivity index (χ1n) is 7.38. The van der Waals surface area contributed by atoms with Crippen LogP contribution in [0.3, 0.4) is 0 Å². The maximum atomic E-state index is 6.12. The number of halogens is 1. The van der Waals surface area contributed by atoms with Gasteiger partial charge in [0.05, 0.1) is 5.39 Å². The fourth-order valence-corrected chi connectivity index (χ4v) is 4.19. The van der Waals surface area contributed by atoms with Crippen molar-refractivity contribution in [1.29, 1.82) is 0 Å². The largest absolute Gasteiger partial charge is 0.356 e. The second-order valence-corrected chi connectivity index (χ2v) is 6.96. The Balaban J connectivity index is 2.02. The summed E-state index contributed by atoms with van der Waals surface area (Å²) in [6.07, 6.45) is 7.55. The number of rotatable bonds is 3. The van der Waals surface area contributed by atoms with Crippen LogP contribution in [0.4, 0.5) is 5.82 Å². The fraction of sp³-hybridized carbons (Fsp3) is 0.600. The molecule has 0 amide bonds. The van der Waals surface area contributed by atoms with Crippen molar-refractivity contribution in [1.82, 2.24) is 9.97 Å². The van der Waals surface area contributed by atoms with E-state index in [1.54, 1.807) is 11.3 Å². The van der Waals surface area contributed by atoms with Gasteiger partial charge in [-0.2, -0.15) is 4.98 Å². The smallest absolute Gasteiger partial charge is 0.225 e. The van der Waals surface area contributed by atoms with E-state index in [2.05, 4.69) is 34.9 Å². The normalized spacial score (nSPS) is 16.8. The van der Waals surface area contributed by atoms with Crippen molar-refractivity contribution >= 4 is 39.0 Å². The van der Waals surface area contributed by atoms with Crippen molar-refractivity contribution in [3.05, 3.63) is 16.2 Å². The summed E-state index contributed by atoms with van der Waals surface area (Å²) in [6.45, 7) is 2.17. The second-order valence-electron chi connectivity index (χ2n) is 5.50. The zero-order valence-corrected chi connectivity index (χ0v) is 13.6. The Morgan fingerprint density at radius 1 is 1.30 bits per heavy atom. The topological polar surface area (TPSA) is 29.0 Å². The number of fused-ring (bicyclic) bond motifs is 1. The molecule has 5 heteroatoms. The van der Waals surface area contributed by atoms with Gasteiger partial charge in [-0.25, -0.2) is 4.98 Å². The minimum absolute atomic E-state index is 0.361. The van der Waals surface area contributed by atoms with Crippen molar-refractivity contribution in [2.24, 2.45) is 0 Å². The maximum Gasteiger partial charge on any atom is 0.225 e. The van der Waals surface area contributed by atoms with Crippen LogP contribution in [0.25, 0.3) is 10.2 Å². The first-order valence-corrected chi connectivity index (χ1v) is 8.57. The number of nitrogens with zero attached hydrogens (tertiary/aromatic N) is 3. The highest BCUT2D eigenvalue weighted by Gasteiger charge is 2.22. The molecule has 1 aliphatic rings.